The van der Waals surface area contributed by atoms with Crippen molar-refractivity contribution in [3.8, 4) is 0 Å². The lowest BCUT2D eigenvalue weighted by atomic mass is 10.5. The second-order valence-electron chi connectivity index (χ2n) is 1.43. The van der Waals surface area contributed by atoms with Crippen LogP contribution in [0.2, 0.25) is 0 Å². The van der Waals surface area contributed by atoms with Crippen molar-refractivity contribution in [3.63, 3.8) is 0 Å². The van der Waals surface area contributed by atoms with Crippen molar-refractivity contribution in [2.24, 2.45) is 5.73 Å². The monoisotopic (exact) mass is 131 g/mol. The molecular formula is C4H9N3S. The molecule has 3 nitrogen and oxygen atoms in total. The van der Waals surface area contributed by atoms with Crippen LogP contribution in [0.4, 0.5) is 0 Å². The zero-order valence-corrected chi connectivity index (χ0v) is 5.51. The van der Waals surface area contributed by atoms with E-state index in [0.717, 1.165) is 0 Å². The molecule has 0 aliphatic carbocycles. The van der Waals surface area contributed by atoms with Crippen molar-refractivity contribution >= 4 is 22.6 Å². The molecule has 46 valence electrons. The molecule has 0 aliphatic heterocycles. The van der Waals surface area contributed by atoms with Gasteiger partial charge in [0.05, 0.1) is 0 Å². The maximum absolute atomic E-state index is 6.91. The van der Waals surface area contributed by atoms with Gasteiger partial charge >= 0.3 is 0 Å². The van der Waals surface area contributed by atoms with E-state index in [0.29, 0.717) is 11.5 Å². The van der Waals surface area contributed by atoms with Crippen LogP contribution < -0.4 is 5.73 Å². The summed E-state index contributed by atoms with van der Waals surface area (Å²) in [6.45, 7) is 1.69. The van der Waals surface area contributed by atoms with Crippen molar-refractivity contribution in [1.29, 1.82) is 10.8 Å². The minimum absolute atomic E-state index is 0.0802. The normalized spacial score (nSPS) is 8.62. The second-order valence-corrected chi connectivity index (χ2v) is 2.45. The van der Waals surface area contributed by atoms with Crippen LogP contribution in [0.5, 0.6) is 0 Å². The number of hydrogen-bond donors (Lipinski definition) is 3. The minimum Gasteiger partial charge on any atom is -0.379 e. The molecule has 0 unspecified atom stereocenters. The zero-order valence-electron chi connectivity index (χ0n) is 4.69. The molecule has 0 spiro atoms. The van der Waals surface area contributed by atoms with Crippen LogP contribution in [0.3, 0.4) is 0 Å². The first-order valence-electron chi connectivity index (χ1n) is 2.14. The lowest BCUT2D eigenvalue weighted by molar-refractivity contribution is 1.46. The molecule has 0 fully saturated rings. The number of nitrogens with two attached hydrogens (primary N) is 1. The van der Waals surface area contributed by atoms with Crippen molar-refractivity contribution in [1.82, 2.24) is 0 Å². The average molecular weight is 131 g/mol. The van der Waals surface area contributed by atoms with E-state index in [1.54, 1.807) is 6.92 Å². The Morgan fingerprint density at radius 1 is 1.62 bits per heavy atom. The van der Waals surface area contributed by atoms with E-state index in [4.69, 9.17) is 16.6 Å². The molecule has 0 aromatic heterocycles. The fraction of sp³-hybridized carbons (Fsp3) is 0.500. The maximum atomic E-state index is 6.91. The zero-order chi connectivity index (χ0) is 6.57. The minimum atomic E-state index is 0.0802. The first-order valence-corrected chi connectivity index (χ1v) is 3.12. The summed E-state index contributed by atoms with van der Waals surface area (Å²) in [6.07, 6.45) is 0. The third-order valence-corrected chi connectivity index (χ3v) is 1.33. The Morgan fingerprint density at radius 2 is 2.12 bits per heavy atom. The Kier molecular flexibility index (Phi) is 3.26. The Labute approximate surface area is 52.7 Å². The van der Waals surface area contributed by atoms with Gasteiger partial charge in [0.1, 0.15) is 0 Å². The molecule has 0 rings (SSSR count). The molecule has 0 saturated heterocycles. The number of thioether (sulfide) groups is 1. The number of hydrogen-bond acceptors (Lipinski definition) is 3. The second kappa shape index (κ2) is 3.49. The summed E-state index contributed by atoms with van der Waals surface area (Å²) < 4.78 is 0. The maximum Gasteiger partial charge on any atom is 0.151 e. The summed E-state index contributed by atoms with van der Waals surface area (Å²) >= 11 is 1.18. The van der Waals surface area contributed by atoms with Crippen molar-refractivity contribution in [3.05, 3.63) is 0 Å². The molecule has 8 heavy (non-hydrogen) atoms. The van der Waals surface area contributed by atoms with Gasteiger partial charge in [-0.1, -0.05) is 11.8 Å². The van der Waals surface area contributed by atoms with E-state index < -0.39 is 0 Å². The highest BCUT2D eigenvalue weighted by Gasteiger charge is 1.89. The van der Waals surface area contributed by atoms with Crippen LogP contribution in [0.1, 0.15) is 6.92 Å². The molecule has 0 aromatic rings. The molecule has 0 aliphatic rings. The molecule has 4 heteroatoms. The van der Waals surface area contributed by atoms with E-state index in [1.165, 1.54) is 11.8 Å². The number of rotatable bonds is 2. The average Bonchev–Trinajstić information content (AvgIpc) is 1.61. The van der Waals surface area contributed by atoms with Gasteiger partial charge in [0.25, 0.3) is 0 Å². The van der Waals surface area contributed by atoms with Gasteiger partial charge in [-0.2, -0.15) is 0 Å². The predicted octanol–water partition coefficient (Wildman–Crippen LogP) is 0.653. The summed E-state index contributed by atoms with van der Waals surface area (Å²) in [5.41, 5.74) is 5.54. The third-order valence-electron chi connectivity index (χ3n) is 0.444. The molecule has 4 N–H and O–H groups in total. The largest absolute Gasteiger partial charge is 0.379 e. The molecule has 0 atom stereocenters. The molecule has 0 amide bonds. The third kappa shape index (κ3) is 5.49. The quantitative estimate of drug-likeness (QED) is 0.380. The van der Waals surface area contributed by atoms with Crippen LogP contribution in [-0.2, 0) is 0 Å². The van der Waals surface area contributed by atoms with Crippen LogP contribution in [0.15, 0.2) is 0 Å². The smallest absolute Gasteiger partial charge is 0.151 e. The molecule has 0 saturated carbocycles. The predicted molar refractivity (Wildman–Crippen MR) is 37.8 cm³/mol. The van der Waals surface area contributed by atoms with E-state index in [2.05, 4.69) is 0 Å². The Bertz CT molecular complexity index is 95.9. The molecular weight excluding hydrogens is 122 g/mol. The fourth-order valence-corrected chi connectivity index (χ4v) is 0.558. The number of nitrogens with one attached hydrogen (secondary N) is 2. The van der Waals surface area contributed by atoms with Crippen LogP contribution in [0.25, 0.3) is 0 Å². The molecule has 0 heterocycles. The highest BCUT2D eigenvalue weighted by molar-refractivity contribution is 8.14. The Balaban J connectivity index is 3.18. The van der Waals surface area contributed by atoms with Gasteiger partial charge in [-0.15, -0.1) is 0 Å². The van der Waals surface area contributed by atoms with Crippen molar-refractivity contribution in [2.45, 2.75) is 6.92 Å². The van der Waals surface area contributed by atoms with Gasteiger partial charge in [-0.25, -0.2) is 0 Å². The Morgan fingerprint density at radius 3 is 2.25 bits per heavy atom. The van der Waals surface area contributed by atoms with E-state index in [1.807, 2.05) is 0 Å². The van der Waals surface area contributed by atoms with Crippen LogP contribution in [0, 0.1) is 10.8 Å². The topological polar surface area (TPSA) is 73.7 Å². The van der Waals surface area contributed by atoms with Gasteiger partial charge in [0.15, 0.2) is 5.17 Å². The number of amidine groups is 1. The summed E-state index contributed by atoms with van der Waals surface area (Å²) in [5, 5.41) is 13.7. The SMILES string of the molecule is CC(=N)CSC(=N)N. The van der Waals surface area contributed by atoms with Gasteiger partial charge in [0.2, 0.25) is 0 Å². The van der Waals surface area contributed by atoms with Crippen molar-refractivity contribution < 1.29 is 0 Å². The lowest BCUT2D eigenvalue weighted by Gasteiger charge is -1.92. The Hall–Kier alpha value is -0.510. The van der Waals surface area contributed by atoms with Gasteiger partial charge in [-0.05, 0) is 6.92 Å². The van der Waals surface area contributed by atoms with Gasteiger partial charge in [0, 0.05) is 11.5 Å². The van der Waals surface area contributed by atoms with Crippen molar-refractivity contribution in [2.75, 3.05) is 5.75 Å². The van der Waals surface area contributed by atoms with E-state index in [-0.39, 0.29) is 5.17 Å². The van der Waals surface area contributed by atoms with Gasteiger partial charge < -0.3 is 11.1 Å². The summed E-state index contributed by atoms with van der Waals surface area (Å²) in [7, 11) is 0. The molecule has 0 radical (unpaired) electrons. The molecule has 0 bridgehead atoms. The highest BCUT2D eigenvalue weighted by atomic mass is 32.2. The summed E-state index contributed by atoms with van der Waals surface area (Å²) in [4.78, 5) is 0. The first-order chi connectivity index (χ1) is 3.63. The molecule has 0 aromatic carbocycles. The van der Waals surface area contributed by atoms with Crippen LogP contribution in [-0.4, -0.2) is 16.6 Å². The van der Waals surface area contributed by atoms with Crippen LogP contribution >= 0.6 is 11.8 Å². The summed E-state index contributed by atoms with van der Waals surface area (Å²) in [5.74, 6) is 0.537. The van der Waals surface area contributed by atoms with E-state index >= 15 is 0 Å². The van der Waals surface area contributed by atoms with E-state index in [9.17, 15) is 0 Å². The van der Waals surface area contributed by atoms with Gasteiger partial charge in [-0.3, -0.25) is 5.41 Å². The highest BCUT2D eigenvalue weighted by Crippen LogP contribution is 1.96. The summed E-state index contributed by atoms with van der Waals surface area (Å²) in [6, 6.07) is 0. The standard InChI is InChI=1S/C4H9N3S/c1-3(5)2-8-4(6)7/h5H,2H2,1H3,(H3,6,7). The lowest BCUT2D eigenvalue weighted by Crippen LogP contribution is -2.07. The fourth-order valence-electron chi connectivity index (χ4n) is 0.186. The first kappa shape index (κ1) is 7.49.